The zero-order chi connectivity index (χ0) is 42.2. The summed E-state index contributed by atoms with van der Waals surface area (Å²) in [5.74, 6) is -2.54. The van der Waals surface area contributed by atoms with Gasteiger partial charge in [-0.25, -0.2) is 4.57 Å². The average Bonchev–Trinajstić information content (AvgIpc) is 3.17. The largest absolute Gasteiger partial charge is 0.480 e. The third kappa shape index (κ3) is 39.0. The molecule has 0 bridgehead atoms. The summed E-state index contributed by atoms with van der Waals surface area (Å²) in [6.45, 7) is 2.10. The summed E-state index contributed by atoms with van der Waals surface area (Å²) in [7, 11) is -4.75. The van der Waals surface area contributed by atoms with E-state index >= 15 is 0 Å². The summed E-state index contributed by atoms with van der Waals surface area (Å²) in [5, 5.41) is 18.1. The number of aliphatic hydroxyl groups is 1. The minimum Gasteiger partial charge on any atom is -0.480 e. The zero-order valence-electron chi connectivity index (χ0n) is 34.2. The Balaban J connectivity index is 4.59. The Labute approximate surface area is 341 Å². The molecule has 322 valence electrons. The first-order valence-corrected chi connectivity index (χ1v) is 21.8. The number of phosphoric ester groups is 1. The molecule has 5 N–H and O–H groups in total. The van der Waals surface area contributed by atoms with Gasteiger partial charge in [0.2, 0.25) is 0 Å². The maximum atomic E-state index is 12.6. The van der Waals surface area contributed by atoms with Crippen molar-refractivity contribution in [2.75, 3.05) is 19.8 Å². The molecular weight excluding hydrogens is 749 g/mol. The SMILES string of the molecule is CC/C=C\C/C=C\C/C=C\C/C=C\CCCCC(=O)O[C@H](COC(=O)CCC/C=C\C/C=C\C/C=C\C/C=C\CCC[C@@H](C)O)COP(=O)(O)OC[C@H](N)C(=O)O. The van der Waals surface area contributed by atoms with E-state index in [4.69, 9.17) is 24.8 Å². The lowest BCUT2D eigenvalue weighted by atomic mass is 10.1. The van der Waals surface area contributed by atoms with Crippen LogP contribution in [0.3, 0.4) is 0 Å². The van der Waals surface area contributed by atoms with E-state index in [1.807, 2.05) is 19.1 Å². The van der Waals surface area contributed by atoms with E-state index in [0.29, 0.717) is 19.3 Å². The Bertz CT molecular complexity index is 1350. The lowest BCUT2D eigenvalue weighted by Gasteiger charge is -2.20. The molecule has 4 atom stereocenters. The molecule has 0 saturated heterocycles. The molecule has 0 aliphatic rings. The first kappa shape index (κ1) is 53.4. The van der Waals surface area contributed by atoms with Crippen molar-refractivity contribution < 1.29 is 52.6 Å². The molecule has 0 spiro atoms. The molecule has 0 radical (unpaired) electrons. The van der Waals surface area contributed by atoms with Gasteiger partial charge in [0.1, 0.15) is 12.6 Å². The number of carboxylic acids is 1. The van der Waals surface area contributed by atoms with Crippen molar-refractivity contribution in [2.45, 2.75) is 141 Å². The Kier molecular flexibility index (Phi) is 35.5. The fraction of sp³-hybridized carbons (Fsp3) is 0.568. The molecule has 0 aromatic rings. The van der Waals surface area contributed by atoms with E-state index in [1.54, 1.807) is 0 Å². The van der Waals surface area contributed by atoms with E-state index < -0.39 is 57.7 Å². The molecule has 0 saturated carbocycles. The number of nitrogens with two attached hydrogens (primary N) is 1. The summed E-state index contributed by atoms with van der Waals surface area (Å²) in [6.07, 6.45) is 44.8. The van der Waals surface area contributed by atoms with Crippen LogP contribution in [0.25, 0.3) is 0 Å². The van der Waals surface area contributed by atoms with Crippen LogP contribution in [0.5, 0.6) is 0 Å². The van der Waals surface area contributed by atoms with Gasteiger partial charge >= 0.3 is 25.7 Å². The second-order valence-corrected chi connectivity index (χ2v) is 14.8. The maximum Gasteiger partial charge on any atom is 0.472 e. The first-order valence-electron chi connectivity index (χ1n) is 20.3. The van der Waals surface area contributed by atoms with Gasteiger partial charge in [-0.2, -0.15) is 0 Å². The molecule has 0 aliphatic heterocycles. The third-order valence-electron chi connectivity index (χ3n) is 7.83. The van der Waals surface area contributed by atoms with Crippen LogP contribution >= 0.6 is 7.82 Å². The number of unbranched alkanes of at least 4 members (excludes halogenated alkanes) is 4. The van der Waals surface area contributed by atoms with Gasteiger partial charge < -0.3 is 30.3 Å². The van der Waals surface area contributed by atoms with E-state index in [2.05, 4.69) is 96.5 Å². The zero-order valence-corrected chi connectivity index (χ0v) is 35.1. The van der Waals surface area contributed by atoms with Crippen LogP contribution in [0.2, 0.25) is 0 Å². The average molecular weight is 820 g/mol. The number of hydrogen-bond donors (Lipinski definition) is 4. The van der Waals surface area contributed by atoms with E-state index in [1.165, 1.54) is 0 Å². The van der Waals surface area contributed by atoms with Gasteiger partial charge in [0.05, 0.1) is 19.3 Å². The standard InChI is InChI=1S/C44H70NO11P/c1-3-4-5-6-7-8-9-10-12-17-20-23-26-29-32-35-43(48)56-40(37-54-57(51,52)55-38-41(45)44(49)50)36-53-42(47)34-31-28-25-22-19-16-14-11-13-15-18-21-24-27-30-33-39(2)46/h4-5,7-8,10,12-16,20-25,39-41,46H,3,6,9,11,17-19,26-38,45H2,1-2H3,(H,49,50)(H,51,52)/b5-4-,8-7-,12-10-,15-13-,16-14-,23-20-,24-21-,25-22-/t39-,40-,41+/m1/s1. The number of carbonyl (C=O) groups is 3. The smallest absolute Gasteiger partial charge is 0.472 e. The Morgan fingerprint density at radius 1 is 0.614 bits per heavy atom. The highest BCUT2D eigenvalue weighted by Crippen LogP contribution is 2.43. The minimum absolute atomic E-state index is 0.0847. The number of ether oxygens (including phenoxy) is 2. The molecule has 12 nitrogen and oxygen atoms in total. The van der Waals surface area contributed by atoms with Gasteiger partial charge in [0.25, 0.3) is 0 Å². The summed E-state index contributed by atoms with van der Waals surface area (Å²) in [6, 6.07) is -1.55. The first-order chi connectivity index (χ1) is 27.5. The summed E-state index contributed by atoms with van der Waals surface area (Å²) < 4.78 is 32.5. The molecule has 0 heterocycles. The third-order valence-corrected chi connectivity index (χ3v) is 8.79. The summed E-state index contributed by atoms with van der Waals surface area (Å²) in [4.78, 5) is 45.8. The highest BCUT2D eigenvalue weighted by atomic mass is 31.2. The number of rotatable bonds is 36. The van der Waals surface area contributed by atoms with Crippen LogP contribution in [0, 0.1) is 0 Å². The number of esters is 2. The van der Waals surface area contributed by atoms with Gasteiger partial charge in [-0.15, -0.1) is 0 Å². The Morgan fingerprint density at radius 2 is 1.05 bits per heavy atom. The molecule has 0 aromatic heterocycles. The van der Waals surface area contributed by atoms with E-state index in [0.717, 1.165) is 77.0 Å². The van der Waals surface area contributed by atoms with Crippen LogP contribution in [0.15, 0.2) is 97.2 Å². The van der Waals surface area contributed by atoms with Crippen LogP contribution in [0.1, 0.15) is 123 Å². The van der Waals surface area contributed by atoms with Crippen molar-refractivity contribution >= 4 is 25.7 Å². The topological polar surface area (TPSA) is 192 Å². The Hall–Kier alpha value is -3.64. The quantitative estimate of drug-likeness (QED) is 0.0203. The number of carbonyl (C=O) groups excluding carboxylic acids is 2. The van der Waals surface area contributed by atoms with Crippen molar-refractivity contribution in [2.24, 2.45) is 5.73 Å². The molecule has 13 heteroatoms. The number of carboxylic acid groups (broad SMARTS) is 1. The van der Waals surface area contributed by atoms with Crippen molar-refractivity contribution in [1.82, 2.24) is 0 Å². The molecule has 0 aliphatic carbocycles. The number of hydrogen-bond acceptors (Lipinski definition) is 10. The number of aliphatic carboxylic acids is 1. The fourth-order valence-electron chi connectivity index (χ4n) is 4.65. The molecular formula is C44H70NO11P. The number of phosphoric acid groups is 1. The van der Waals surface area contributed by atoms with Crippen LogP contribution in [0.4, 0.5) is 0 Å². The number of aliphatic hydroxyl groups excluding tert-OH is 1. The Morgan fingerprint density at radius 3 is 1.54 bits per heavy atom. The van der Waals surface area contributed by atoms with Crippen LogP contribution in [-0.2, 0) is 37.5 Å². The van der Waals surface area contributed by atoms with Gasteiger partial charge in [0.15, 0.2) is 6.10 Å². The van der Waals surface area contributed by atoms with Gasteiger partial charge in [0, 0.05) is 12.8 Å². The van der Waals surface area contributed by atoms with E-state index in [9.17, 15) is 28.9 Å². The number of allylic oxidation sites excluding steroid dienone is 16. The minimum atomic E-state index is -4.75. The van der Waals surface area contributed by atoms with Crippen molar-refractivity contribution in [3.05, 3.63) is 97.2 Å². The van der Waals surface area contributed by atoms with Crippen molar-refractivity contribution in [1.29, 1.82) is 0 Å². The lowest BCUT2D eigenvalue weighted by Crippen LogP contribution is -2.34. The van der Waals surface area contributed by atoms with Crippen molar-refractivity contribution in [3.63, 3.8) is 0 Å². The molecule has 0 fully saturated rings. The lowest BCUT2D eigenvalue weighted by molar-refractivity contribution is -0.161. The maximum absolute atomic E-state index is 12.6. The highest BCUT2D eigenvalue weighted by molar-refractivity contribution is 7.47. The second kappa shape index (κ2) is 37.9. The predicted molar refractivity (Wildman–Crippen MR) is 227 cm³/mol. The molecule has 0 amide bonds. The highest BCUT2D eigenvalue weighted by Gasteiger charge is 2.28. The predicted octanol–water partition coefficient (Wildman–Crippen LogP) is 9.47. The molecule has 0 rings (SSSR count). The van der Waals surface area contributed by atoms with Crippen molar-refractivity contribution in [3.8, 4) is 0 Å². The van der Waals surface area contributed by atoms with Gasteiger partial charge in [-0.05, 0) is 103 Å². The van der Waals surface area contributed by atoms with Gasteiger partial charge in [-0.3, -0.25) is 23.4 Å². The fourth-order valence-corrected chi connectivity index (χ4v) is 5.43. The van der Waals surface area contributed by atoms with Crippen LogP contribution < -0.4 is 5.73 Å². The normalized spacial score (nSPS) is 15.3. The van der Waals surface area contributed by atoms with Gasteiger partial charge in [-0.1, -0.05) is 104 Å². The van der Waals surface area contributed by atoms with Crippen LogP contribution in [-0.4, -0.2) is 71.1 Å². The summed E-state index contributed by atoms with van der Waals surface area (Å²) in [5.41, 5.74) is 5.31. The van der Waals surface area contributed by atoms with E-state index in [-0.39, 0.29) is 18.9 Å². The molecule has 1 unspecified atom stereocenters. The molecule has 0 aromatic carbocycles. The summed E-state index contributed by atoms with van der Waals surface area (Å²) >= 11 is 0. The monoisotopic (exact) mass is 819 g/mol. The molecule has 57 heavy (non-hydrogen) atoms. The second-order valence-electron chi connectivity index (χ2n) is 13.3.